The molecule has 0 aromatic heterocycles. The molecule has 0 aliphatic carbocycles. The first-order valence-electron chi connectivity index (χ1n) is 12.6. The molecule has 0 aromatic carbocycles. The van der Waals surface area contributed by atoms with E-state index in [0.717, 1.165) is 19.3 Å². The van der Waals surface area contributed by atoms with Gasteiger partial charge in [0, 0.05) is 13.0 Å². The Labute approximate surface area is 201 Å². The van der Waals surface area contributed by atoms with Crippen LogP contribution in [0.3, 0.4) is 0 Å². The van der Waals surface area contributed by atoms with Crippen LogP contribution in [-0.4, -0.2) is 47.7 Å². The Kier molecular flexibility index (Phi) is 14.6. The largest absolute Gasteiger partial charge is 0.460 e. The van der Waals surface area contributed by atoms with Gasteiger partial charge in [-0.15, -0.1) is 0 Å². The maximum absolute atomic E-state index is 13.2. The number of carbonyl (C=O) groups is 3. The predicted octanol–water partition coefficient (Wildman–Crippen LogP) is 4.50. The number of aliphatic hydroxyl groups excluding tert-OH is 1. The number of unbranched alkanes of at least 4 members (excludes halogenated alkanes) is 6. The van der Waals surface area contributed by atoms with Crippen LogP contribution in [0.25, 0.3) is 0 Å². The first kappa shape index (κ1) is 31.4. The van der Waals surface area contributed by atoms with Crippen molar-refractivity contribution < 1.29 is 24.2 Å². The third kappa shape index (κ3) is 15.0. The maximum atomic E-state index is 13.2. The molecule has 194 valence electrons. The van der Waals surface area contributed by atoms with Crippen LogP contribution in [-0.2, 0) is 19.1 Å². The lowest BCUT2D eigenvalue weighted by atomic mass is 9.81. The zero-order valence-electron chi connectivity index (χ0n) is 22.4. The average molecular weight is 471 g/mol. The summed E-state index contributed by atoms with van der Waals surface area (Å²) in [5, 5.41) is 16.1. The molecule has 7 nitrogen and oxygen atoms in total. The molecule has 0 bridgehead atoms. The molecule has 0 heterocycles. The highest BCUT2D eigenvalue weighted by atomic mass is 16.6. The van der Waals surface area contributed by atoms with E-state index < -0.39 is 35.0 Å². The molecule has 0 aliphatic heterocycles. The van der Waals surface area contributed by atoms with E-state index in [2.05, 4.69) is 17.6 Å². The number of amides is 2. The normalized spacial score (nSPS) is 14.8. The molecule has 0 aromatic rings. The number of ether oxygens (including phenoxy) is 1. The van der Waals surface area contributed by atoms with Crippen LogP contribution < -0.4 is 10.6 Å². The SMILES string of the molecule is CCCCCCCCC[C@H](CC(=O)OC(C)(C)C)C(=O)N[C@H]([C@H](O)CC(=O)NC)C(C)(C)C. The van der Waals surface area contributed by atoms with Crippen LogP contribution in [0.15, 0.2) is 0 Å². The lowest BCUT2D eigenvalue weighted by Crippen LogP contribution is -2.53. The van der Waals surface area contributed by atoms with Crippen molar-refractivity contribution in [3.8, 4) is 0 Å². The van der Waals surface area contributed by atoms with E-state index >= 15 is 0 Å². The molecule has 0 aliphatic rings. The molecule has 2 amide bonds. The molecule has 0 fully saturated rings. The van der Waals surface area contributed by atoms with Crippen molar-refractivity contribution in [2.75, 3.05) is 7.05 Å². The first-order valence-corrected chi connectivity index (χ1v) is 12.6. The van der Waals surface area contributed by atoms with Gasteiger partial charge in [-0.1, -0.05) is 72.6 Å². The molecule has 3 atom stereocenters. The van der Waals surface area contributed by atoms with Crippen LogP contribution in [0.2, 0.25) is 0 Å². The molecular weight excluding hydrogens is 420 g/mol. The molecule has 0 spiro atoms. The van der Waals surface area contributed by atoms with Gasteiger partial charge in [0.2, 0.25) is 11.8 Å². The van der Waals surface area contributed by atoms with Gasteiger partial charge >= 0.3 is 5.97 Å². The molecule has 0 unspecified atom stereocenters. The first-order chi connectivity index (χ1) is 15.2. The number of esters is 1. The Balaban J connectivity index is 5.23. The van der Waals surface area contributed by atoms with Crippen molar-refractivity contribution in [1.29, 1.82) is 0 Å². The third-order valence-corrected chi connectivity index (χ3v) is 5.65. The van der Waals surface area contributed by atoms with Crippen molar-refractivity contribution in [3.63, 3.8) is 0 Å². The topological polar surface area (TPSA) is 105 Å². The van der Waals surface area contributed by atoms with E-state index in [1.165, 1.54) is 32.7 Å². The number of nitrogens with one attached hydrogen (secondary N) is 2. The van der Waals surface area contributed by atoms with E-state index in [0.29, 0.717) is 6.42 Å². The highest BCUT2D eigenvalue weighted by Crippen LogP contribution is 2.25. The van der Waals surface area contributed by atoms with Gasteiger partial charge in [0.05, 0.1) is 25.0 Å². The Morgan fingerprint density at radius 3 is 1.91 bits per heavy atom. The van der Waals surface area contributed by atoms with Gasteiger partial charge in [-0.3, -0.25) is 14.4 Å². The van der Waals surface area contributed by atoms with Crippen molar-refractivity contribution in [2.45, 2.75) is 130 Å². The van der Waals surface area contributed by atoms with Crippen molar-refractivity contribution in [1.82, 2.24) is 10.6 Å². The van der Waals surface area contributed by atoms with Crippen LogP contribution in [0.4, 0.5) is 0 Å². The van der Waals surface area contributed by atoms with Gasteiger partial charge in [0.25, 0.3) is 0 Å². The summed E-state index contributed by atoms with van der Waals surface area (Å²) in [6, 6.07) is -0.627. The molecule has 0 saturated heterocycles. The van der Waals surface area contributed by atoms with Gasteiger partial charge in [0.15, 0.2) is 0 Å². The van der Waals surface area contributed by atoms with Crippen molar-refractivity contribution in [3.05, 3.63) is 0 Å². The summed E-state index contributed by atoms with van der Waals surface area (Å²) < 4.78 is 5.46. The summed E-state index contributed by atoms with van der Waals surface area (Å²) in [7, 11) is 1.51. The quantitative estimate of drug-likeness (QED) is 0.241. The monoisotopic (exact) mass is 470 g/mol. The fraction of sp³-hybridized carbons (Fsp3) is 0.885. The fourth-order valence-corrected chi connectivity index (χ4v) is 3.83. The Morgan fingerprint density at radius 2 is 1.42 bits per heavy atom. The van der Waals surface area contributed by atoms with Crippen LogP contribution in [0.1, 0.15) is 113 Å². The average Bonchev–Trinajstić information content (AvgIpc) is 2.67. The minimum atomic E-state index is -1.03. The van der Waals surface area contributed by atoms with Crippen LogP contribution in [0.5, 0.6) is 0 Å². The van der Waals surface area contributed by atoms with Gasteiger partial charge in [-0.25, -0.2) is 0 Å². The smallest absolute Gasteiger partial charge is 0.307 e. The second-order valence-electron chi connectivity index (χ2n) is 11.2. The molecule has 33 heavy (non-hydrogen) atoms. The minimum Gasteiger partial charge on any atom is -0.460 e. The standard InChI is InChI=1S/C26H50N2O5/c1-9-10-11-12-13-14-15-16-19(17-22(31)33-26(5,6)7)24(32)28-23(25(2,3)4)20(29)18-21(30)27-8/h19-20,23,29H,9-18H2,1-8H3,(H,27,30)(H,28,32)/t19-,20-,23-/m1/s1. The number of hydrogen-bond donors (Lipinski definition) is 3. The van der Waals surface area contributed by atoms with E-state index in [4.69, 9.17) is 4.74 Å². The Bertz CT molecular complexity index is 592. The van der Waals surface area contributed by atoms with Gasteiger partial charge < -0.3 is 20.5 Å². The summed E-state index contributed by atoms with van der Waals surface area (Å²) >= 11 is 0. The van der Waals surface area contributed by atoms with E-state index in [-0.39, 0.29) is 24.7 Å². The van der Waals surface area contributed by atoms with E-state index in [1.807, 2.05) is 20.8 Å². The molecular formula is C26H50N2O5. The molecule has 0 radical (unpaired) electrons. The molecule has 7 heteroatoms. The van der Waals surface area contributed by atoms with E-state index in [1.54, 1.807) is 20.8 Å². The second kappa shape index (κ2) is 15.3. The van der Waals surface area contributed by atoms with Crippen molar-refractivity contribution >= 4 is 17.8 Å². The van der Waals surface area contributed by atoms with Gasteiger partial charge in [0.1, 0.15) is 5.60 Å². The summed E-state index contributed by atoms with van der Waals surface area (Å²) in [5.41, 5.74) is -1.09. The highest BCUT2D eigenvalue weighted by Gasteiger charge is 2.36. The van der Waals surface area contributed by atoms with Gasteiger partial charge in [-0.05, 0) is 32.6 Å². The number of carbonyl (C=O) groups excluding carboxylic acids is 3. The second-order valence-corrected chi connectivity index (χ2v) is 11.2. The van der Waals surface area contributed by atoms with E-state index in [9.17, 15) is 19.5 Å². The number of rotatable bonds is 15. The lowest BCUT2D eigenvalue weighted by Gasteiger charge is -2.36. The zero-order chi connectivity index (χ0) is 25.7. The highest BCUT2D eigenvalue weighted by molar-refractivity contribution is 5.84. The Morgan fingerprint density at radius 1 is 0.879 bits per heavy atom. The predicted molar refractivity (Wildman–Crippen MR) is 133 cm³/mol. The minimum absolute atomic E-state index is 0.00133. The molecule has 0 saturated carbocycles. The zero-order valence-corrected chi connectivity index (χ0v) is 22.4. The van der Waals surface area contributed by atoms with Crippen LogP contribution in [0, 0.1) is 11.3 Å². The number of hydrogen-bond acceptors (Lipinski definition) is 5. The molecule has 3 N–H and O–H groups in total. The summed E-state index contributed by atoms with van der Waals surface area (Å²) in [6.45, 7) is 13.3. The Hall–Kier alpha value is -1.63. The fourth-order valence-electron chi connectivity index (χ4n) is 3.83. The summed E-state index contributed by atoms with van der Waals surface area (Å²) in [4.78, 5) is 37.5. The van der Waals surface area contributed by atoms with Crippen molar-refractivity contribution in [2.24, 2.45) is 11.3 Å². The molecule has 0 rings (SSSR count). The summed E-state index contributed by atoms with van der Waals surface area (Å²) in [5.74, 6) is -1.50. The number of aliphatic hydroxyl groups is 1. The van der Waals surface area contributed by atoms with Crippen LogP contribution >= 0.6 is 0 Å². The lowest BCUT2D eigenvalue weighted by molar-refractivity contribution is -0.157. The van der Waals surface area contributed by atoms with Gasteiger partial charge in [-0.2, -0.15) is 0 Å². The summed E-state index contributed by atoms with van der Waals surface area (Å²) in [6.07, 6.45) is 7.32. The third-order valence-electron chi connectivity index (χ3n) is 5.65. The maximum Gasteiger partial charge on any atom is 0.307 e.